The molecule has 0 radical (unpaired) electrons. The molecule has 5 nitrogen and oxygen atoms in total. The summed E-state index contributed by atoms with van der Waals surface area (Å²) < 4.78 is 0. The van der Waals surface area contributed by atoms with Crippen molar-refractivity contribution in [1.29, 1.82) is 0 Å². The molecule has 2 atom stereocenters. The van der Waals surface area contributed by atoms with E-state index >= 15 is 0 Å². The molecular weight excluding hydrogens is 240 g/mol. The lowest BCUT2D eigenvalue weighted by Crippen LogP contribution is -2.28. The highest BCUT2D eigenvalue weighted by Crippen LogP contribution is 2.18. The second-order valence-corrected chi connectivity index (χ2v) is 4.57. The van der Waals surface area contributed by atoms with E-state index in [1.165, 1.54) is 0 Å². The number of pyridine rings is 1. The van der Waals surface area contributed by atoms with Crippen LogP contribution < -0.4 is 5.32 Å². The van der Waals surface area contributed by atoms with Crippen LogP contribution in [0.4, 0.5) is 5.82 Å². The maximum atomic E-state index is 9.52. The fraction of sp³-hybridized carbons (Fsp3) is 0.357. The molecule has 100 valence electrons. The van der Waals surface area contributed by atoms with Crippen molar-refractivity contribution in [3.8, 4) is 11.4 Å². The normalized spacial score (nSPS) is 13.9. The lowest BCUT2D eigenvalue weighted by Gasteiger charge is -2.17. The number of nitrogens with zero attached hydrogens (tertiary/aromatic N) is 3. The van der Waals surface area contributed by atoms with E-state index in [1.807, 2.05) is 38.1 Å². The third-order valence-electron chi connectivity index (χ3n) is 2.86. The smallest absolute Gasteiger partial charge is 0.130 e. The first-order valence-corrected chi connectivity index (χ1v) is 6.28. The van der Waals surface area contributed by atoms with Crippen molar-refractivity contribution in [3.63, 3.8) is 0 Å². The van der Waals surface area contributed by atoms with Gasteiger partial charge in [-0.2, -0.15) is 0 Å². The molecule has 2 aromatic heterocycles. The van der Waals surface area contributed by atoms with E-state index in [0.29, 0.717) is 11.6 Å². The summed E-state index contributed by atoms with van der Waals surface area (Å²) in [6, 6.07) is 7.46. The van der Waals surface area contributed by atoms with Crippen LogP contribution >= 0.6 is 0 Å². The van der Waals surface area contributed by atoms with E-state index in [9.17, 15) is 5.11 Å². The van der Waals surface area contributed by atoms with Crippen LogP contribution in [0.5, 0.6) is 0 Å². The zero-order valence-corrected chi connectivity index (χ0v) is 11.3. The number of hydrogen-bond donors (Lipinski definition) is 2. The molecule has 19 heavy (non-hydrogen) atoms. The van der Waals surface area contributed by atoms with Crippen molar-refractivity contribution in [2.45, 2.75) is 32.9 Å². The predicted octanol–water partition coefficient (Wildman–Crippen LogP) is 2.03. The third kappa shape index (κ3) is 3.48. The standard InChI is InChI=1S/C14H18N4O/c1-9(10(2)19)16-14-8-13(17-11(3)18-14)12-6-4-5-7-15-12/h4-10,19H,1-3H3,(H,16,17,18)/t9-,10-/m0/s1. The van der Waals surface area contributed by atoms with Gasteiger partial charge in [0.1, 0.15) is 11.6 Å². The van der Waals surface area contributed by atoms with Crippen molar-refractivity contribution in [3.05, 3.63) is 36.3 Å². The summed E-state index contributed by atoms with van der Waals surface area (Å²) >= 11 is 0. The van der Waals surface area contributed by atoms with Crippen LogP contribution in [-0.2, 0) is 0 Å². The molecule has 0 saturated carbocycles. The fourth-order valence-electron chi connectivity index (χ4n) is 1.64. The Balaban J connectivity index is 2.30. The Labute approximate surface area is 112 Å². The molecule has 2 aromatic rings. The molecule has 0 aliphatic carbocycles. The molecule has 0 saturated heterocycles. The number of nitrogens with one attached hydrogen (secondary N) is 1. The summed E-state index contributed by atoms with van der Waals surface area (Å²) in [5, 5.41) is 12.7. The number of rotatable bonds is 4. The zero-order valence-electron chi connectivity index (χ0n) is 11.3. The van der Waals surface area contributed by atoms with Crippen LogP contribution in [0.1, 0.15) is 19.7 Å². The van der Waals surface area contributed by atoms with Gasteiger partial charge in [-0.25, -0.2) is 9.97 Å². The van der Waals surface area contributed by atoms with Crippen LogP contribution in [0, 0.1) is 6.92 Å². The van der Waals surface area contributed by atoms with E-state index in [1.54, 1.807) is 13.1 Å². The topological polar surface area (TPSA) is 70.9 Å². The zero-order chi connectivity index (χ0) is 13.8. The average molecular weight is 258 g/mol. The van der Waals surface area contributed by atoms with Crippen LogP contribution in [0.3, 0.4) is 0 Å². The van der Waals surface area contributed by atoms with Gasteiger partial charge >= 0.3 is 0 Å². The van der Waals surface area contributed by atoms with Crippen molar-refractivity contribution >= 4 is 5.82 Å². The second-order valence-electron chi connectivity index (χ2n) is 4.57. The largest absolute Gasteiger partial charge is 0.391 e. The molecule has 5 heteroatoms. The van der Waals surface area contributed by atoms with E-state index in [0.717, 1.165) is 11.4 Å². The van der Waals surface area contributed by atoms with Gasteiger partial charge in [0, 0.05) is 12.3 Å². The summed E-state index contributed by atoms with van der Waals surface area (Å²) in [6.07, 6.45) is 1.28. The average Bonchev–Trinajstić information content (AvgIpc) is 2.39. The first-order valence-electron chi connectivity index (χ1n) is 6.28. The molecule has 0 aliphatic heterocycles. The van der Waals surface area contributed by atoms with Crippen LogP contribution in [0.2, 0.25) is 0 Å². The van der Waals surface area contributed by atoms with Gasteiger partial charge < -0.3 is 10.4 Å². The van der Waals surface area contributed by atoms with Gasteiger partial charge in [-0.05, 0) is 32.9 Å². The van der Waals surface area contributed by atoms with Gasteiger partial charge in [-0.15, -0.1) is 0 Å². The van der Waals surface area contributed by atoms with Crippen LogP contribution in [0.15, 0.2) is 30.5 Å². The van der Waals surface area contributed by atoms with Crippen molar-refractivity contribution in [1.82, 2.24) is 15.0 Å². The molecule has 0 fully saturated rings. The molecule has 0 aromatic carbocycles. The Morgan fingerprint density at radius 3 is 2.58 bits per heavy atom. The predicted molar refractivity (Wildman–Crippen MR) is 74.8 cm³/mol. The summed E-state index contributed by atoms with van der Waals surface area (Å²) in [5.74, 6) is 1.37. The van der Waals surface area contributed by atoms with Crippen molar-refractivity contribution < 1.29 is 5.11 Å². The summed E-state index contributed by atoms with van der Waals surface area (Å²) in [5.41, 5.74) is 1.58. The van der Waals surface area contributed by atoms with Gasteiger partial charge in [0.25, 0.3) is 0 Å². The second kappa shape index (κ2) is 5.75. The molecule has 2 N–H and O–H groups in total. The molecule has 2 rings (SSSR count). The number of aromatic nitrogens is 3. The maximum absolute atomic E-state index is 9.52. The molecule has 0 spiro atoms. The monoisotopic (exact) mass is 258 g/mol. The molecule has 0 unspecified atom stereocenters. The van der Waals surface area contributed by atoms with Crippen molar-refractivity contribution in [2.24, 2.45) is 0 Å². The number of aliphatic hydroxyl groups is 1. The fourth-order valence-corrected chi connectivity index (χ4v) is 1.64. The highest BCUT2D eigenvalue weighted by molar-refractivity contribution is 5.58. The minimum Gasteiger partial charge on any atom is -0.391 e. The number of aryl methyl sites for hydroxylation is 1. The Bertz CT molecular complexity index is 542. The number of hydrogen-bond acceptors (Lipinski definition) is 5. The first kappa shape index (κ1) is 13.4. The first-order chi connectivity index (χ1) is 9.06. The Hall–Kier alpha value is -2.01. The minimum atomic E-state index is -0.450. The highest BCUT2D eigenvalue weighted by atomic mass is 16.3. The van der Waals surface area contributed by atoms with Crippen molar-refractivity contribution in [2.75, 3.05) is 5.32 Å². The van der Waals surface area contributed by atoms with E-state index in [4.69, 9.17) is 0 Å². The Kier molecular flexibility index (Phi) is 4.06. The van der Waals surface area contributed by atoms with Crippen LogP contribution in [0.25, 0.3) is 11.4 Å². The summed E-state index contributed by atoms with van der Waals surface area (Å²) in [4.78, 5) is 13.0. The Morgan fingerprint density at radius 1 is 1.16 bits per heavy atom. The molecule has 0 bridgehead atoms. The van der Waals surface area contributed by atoms with E-state index < -0.39 is 6.10 Å². The summed E-state index contributed by atoms with van der Waals surface area (Å²) in [6.45, 7) is 5.48. The molecule has 2 heterocycles. The third-order valence-corrected chi connectivity index (χ3v) is 2.86. The molecule has 0 aliphatic rings. The SMILES string of the molecule is Cc1nc(N[C@@H](C)[C@H](C)O)cc(-c2ccccn2)n1. The molecule has 0 amide bonds. The highest BCUT2D eigenvalue weighted by Gasteiger charge is 2.11. The lowest BCUT2D eigenvalue weighted by molar-refractivity contribution is 0.177. The van der Waals surface area contributed by atoms with Gasteiger partial charge in [-0.3, -0.25) is 4.98 Å². The van der Waals surface area contributed by atoms with Gasteiger partial charge in [0.2, 0.25) is 0 Å². The van der Waals surface area contributed by atoms with Gasteiger partial charge in [-0.1, -0.05) is 6.07 Å². The quantitative estimate of drug-likeness (QED) is 0.878. The minimum absolute atomic E-state index is 0.0779. The van der Waals surface area contributed by atoms with E-state index in [2.05, 4.69) is 20.3 Å². The number of anilines is 1. The maximum Gasteiger partial charge on any atom is 0.130 e. The lowest BCUT2D eigenvalue weighted by atomic mass is 10.2. The van der Waals surface area contributed by atoms with Gasteiger partial charge in [0.05, 0.1) is 23.5 Å². The van der Waals surface area contributed by atoms with Gasteiger partial charge in [0.15, 0.2) is 0 Å². The Morgan fingerprint density at radius 2 is 1.95 bits per heavy atom. The van der Waals surface area contributed by atoms with Crippen LogP contribution in [-0.4, -0.2) is 32.2 Å². The summed E-state index contributed by atoms with van der Waals surface area (Å²) in [7, 11) is 0. The van der Waals surface area contributed by atoms with E-state index in [-0.39, 0.29) is 6.04 Å². The molecular formula is C14H18N4O. The number of aliphatic hydroxyl groups excluding tert-OH is 1.